The second-order valence-electron chi connectivity index (χ2n) is 2.53. The Morgan fingerprint density at radius 1 is 1.67 bits per heavy atom. The highest BCUT2D eigenvalue weighted by molar-refractivity contribution is 9.10. The monoisotopic (exact) mass is 227 g/mol. The lowest BCUT2D eigenvalue weighted by molar-refractivity contribution is 0.887. The molecular weight excluding hydrogens is 222 g/mol. The molecular formula is C7H6BrN3O. The van der Waals surface area contributed by atoms with Gasteiger partial charge in [-0.25, -0.2) is 4.52 Å². The molecule has 0 aromatic carbocycles. The Kier molecular flexibility index (Phi) is 1.54. The molecule has 12 heavy (non-hydrogen) atoms. The first-order valence-corrected chi connectivity index (χ1v) is 4.21. The number of nitrogens with one attached hydrogen (secondary N) is 1. The number of H-pyrrole nitrogens is 1. The van der Waals surface area contributed by atoms with Gasteiger partial charge in [0.25, 0.3) is 5.56 Å². The van der Waals surface area contributed by atoms with E-state index in [0.717, 1.165) is 10.2 Å². The minimum atomic E-state index is -0.110. The van der Waals surface area contributed by atoms with Gasteiger partial charge in [0.15, 0.2) is 5.65 Å². The SMILES string of the molecule is Cc1cc(=O)[nH]c2c(Br)cnn12. The third-order valence-electron chi connectivity index (χ3n) is 1.64. The summed E-state index contributed by atoms with van der Waals surface area (Å²) in [6.07, 6.45) is 1.65. The minimum absolute atomic E-state index is 0.110. The van der Waals surface area contributed by atoms with Crippen molar-refractivity contribution in [1.82, 2.24) is 14.6 Å². The highest BCUT2D eigenvalue weighted by Gasteiger charge is 2.03. The molecule has 0 radical (unpaired) electrons. The molecule has 0 spiro atoms. The fourth-order valence-corrected chi connectivity index (χ4v) is 1.47. The van der Waals surface area contributed by atoms with Gasteiger partial charge in [0.2, 0.25) is 0 Å². The first-order valence-electron chi connectivity index (χ1n) is 3.41. The third kappa shape index (κ3) is 0.972. The quantitative estimate of drug-likeness (QED) is 0.733. The average Bonchev–Trinajstić information content (AvgIpc) is 2.33. The van der Waals surface area contributed by atoms with Crippen molar-refractivity contribution in [2.45, 2.75) is 6.92 Å². The maximum atomic E-state index is 11.0. The molecule has 0 saturated heterocycles. The summed E-state index contributed by atoms with van der Waals surface area (Å²) in [7, 11) is 0. The summed E-state index contributed by atoms with van der Waals surface area (Å²) in [4.78, 5) is 13.7. The zero-order valence-electron chi connectivity index (χ0n) is 6.34. The summed E-state index contributed by atoms with van der Waals surface area (Å²) in [6.45, 7) is 1.84. The number of halogens is 1. The van der Waals surface area contributed by atoms with E-state index in [4.69, 9.17) is 0 Å². The number of aromatic amines is 1. The van der Waals surface area contributed by atoms with E-state index in [-0.39, 0.29) is 5.56 Å². The van der Waals surface area contributed by atoms with E-state index in [1.165, 1.54) is 6.07 Å². The third-order valence-corrected chi connectivity index (χ3v) is 2.22. The number of nitrogens with zero attached hydrogens (tertiary/aromatic N) is 2. The van der Waals surface area contributed by atoms with Crippen LogP contribution in [0.2, 0.25) is 0 Å². The Morgan fingerprint density at radius 2 is 2.42 bits per heavy atom. The summed E-state index contributed by atoms with van der Waals surface area (Å²) in [5, 5.41) is 4.06. The number of fused-ring (bicyclic) bond motifs is 1. The number of hydrogen-bond acceptors (Lipinski definition) is 2. The van der Waals surface area contributed by atoms with E-state index in [2.05, 4.69) is 26.0 Å². The van der Waals surface area contributed by atoms with Crippen molar-refractivity contribution in [3.63, 3.8) is 0 Å². The van der Waals surface area contributed by atoms with Crippen LogP contribution in [0.5, 0.6) is 0 Å². The van der Waals surface area contributed by atoms with Crippen LogP contribution >= 0.6 is 15.9 Å². The molecule has 0 fully saturated rings. The topological polar surface area (TPSA) is 50.2 Å². The van der Waals surface area contributed by atoms with Crippen LogP contribution in [0.15, 0.2) is 21.5 Å². The summed E-state index contributed by atoms with van der Waals surface area (Å²) >= 11 is 3.28. The van der Waals surface area contributed by atoms with Crippen molar-refractivity contribution in [1.29, 1.82) is 0 Å². The molecule has 2 aromatic rings. The van der Waals surface area contributed by atoms with Crippen LogP contribution < -0.4 is 5.56 Å². The molecule has 62 valence electrons. The number of aromatic nitrogens is 3. The van der Waals surface area contributed by atoms with Gasteiger partial charge in [0.05, 0.1) is 10.7 Å². The first-order chi connectivity index (χ1) is 5.68. The van der Waals surface area contributed by atoms with Crippen molar-refractivity contribution in [3.8, 4) is 0 Å². The lowest BCUT2D eigenvalue weighted by atomic mass is 10.4. The van der Waals surface area contributed by atoms with Crippen molar-refractivity contribution in [2.75, 3.05) is 0 Å². The fraction of sp³-hybridized carbons (Fsp3) is 0.143. The van der Waals surface area contributed by atoms with Crippen LogP contribution in [-0.4, -0.2) is 14.6 Å². The van der Waals surface area contributed by atoms with E-state index in [1.54, 1.807) is 10.7 Å². The molecule has 0 aliphatic carbocycles. The van der Waals surface area contributed by atoms with Gasteiger partial charge in [-0.05, 0) is 22.9 Å². The summed E-state index contributed by atoms with van der Waals surface area (Å²) < 4.78 is 2.47. The Morgan fingerprint density at radius 3 is 3.17 bits per heavy atom. The minimum Gasteiger partial charge on any atom is -0.306 e. The van der Waals surface area contributed by atoms with E-state index in [9.17, 15) is 4.79 Å². The van der Waals surface area contributed by atoms with E-state index < -0.39 is 0 Å². The highest BCUT2D eigenvalue weighted by Crippen LogP contribution is 2.13. The molecule has 1 N–H and O–H groups in total. The molecule has 5 heteroatoms. The molecule has 0 amide bonds. The molecule has 0 unspecified atom stereocenters. The van der Waals surface area contributed by atoms with Crippen LogP contribution in [0.4, 0.5) is 0 Å². The van der Waals surface area contributed by atoms with Gasteiger partial charge in [-0.1, -0.05) is 0 Å². The predicted molar refractivity (Wildman–Crippen MR) is 48.2 cm³/mol. The lowest BCUT2D eigenvalue weighted by Crippen LogP contribution is -2.09. The Labute approximate surface area is 76.4 Å². The summed E-state index contributed by atoms with van der Waals surface area (Å²) in [5.74, 6) is 0. The second kappa shape index (κ2) is 2.45. The lowest BCUT2D eigenvalue weighted by Gasteiger charge is -1.96. The Bertz CT molecular complexity index is 485. The van der Waals surface area contributed by atoms with Gasteiger partial charge in [-0.15, -0.1) is 0 Å². The number of hydrogen-bond donors (Lipinski definition) is 1. The van der Waals surface area contributed by atoms with Gasteiger partial charge in [0.1, 0.15) is 0 Å². The molecule has 0 bridgehead atoms. The summed E-state index contributed by atoms with van der Waals surface area (Å²) in [5.41, 5.74) is 1.40. The van der Waals surface area contributed by atoms with Crippen LogP contribution in [0.25, 0.3) is 5.65 Å². The van der Waals surface area contributed by atoms with E-state index in [0.29, 0.717) is 5.65 Å². The highest BCUT2D eigenvalue weighted by atomic mass is 79.9. The largest absolute Gasteiger partial charge is 0.306 e. The normalized spacial score (nSPS) is 10.8. The van der Waals surface area contributed by atoms with E-state index >= 15 is 0 Å². The average molecular weight is 228 g/mol. The van der Waals surface area contributed by atoms with Crippen LogP contribution in [0.3, 0.4) is 0 Å². The molecule has 4 nitrogen and oxygen atoms in total. The molecule has 2 rings (SSSR count). The standard InChI is InChI=1S/C7H6BrN3O/c1-4-2-6(12)10-7-5(8)3-9-11(4)7/h2-3H,1H3,(H,10,12). The Hall–Kier alpha value is -1.10. The summed E-state index contributed by atoms with van der Waals surface area (Å²) in [6, 6.07) is 1.51. The van der Waals surface area contributed by atoms with Crippen molar-refractivity contribution in [3.05, 3.63) is 32.8 Å². The van der Waals surface area contributed by atoms with Crippen molar-refractivity contribution in [2.24, 2.45) is 0 Å². The molecule has 0 saturated carbocycles. The number of rotatable bonds is 0. The van der Waals surface area contributed by atoms with Crippen LogP contribution in [0, 0.1) is 6.92 Å². The zero-order valence-corrected chi connectivity index (χ0v) is 7.92. The van der Waals surface area contributed by atoms with E-state index in [1.807, 2.05) is 6.92 Å². The van der Waals surface area contributed by atoms with Gasteiger partial charge < -0.3 is 4.98 Å². The molecule has 0 aliphatic heterocycles. The fourth-order valence-electron chi connectivity index (χ4n) is 1.11. The van der Waals surface area contributed by atoms with Crippen molar-refractivity contribution < 1.29 is 0 Å². The maximum Gasteiger partial charge on any atom is 0.251 e. The van der Waals surface area contributed by atoms with Crippen molar-refractivity contribution >= 4 is 21.6 Å². The maximum absolute atomic E-state index is 11.0. The smallest absolute Gasteiger partial charge is 0.251 e. The molecule has 0 aliphatic rings. The van der Waals surface area contributed by atoms with Crippen LogP contribution in [-0.2, 0) is 0 Å². The molecule has 2 heterocycles. The van der Waals surface area contributed by atoms with Gasteiger partial charge in [-0.2, -0.15) is 5.10 Å². The second-order valence-corrected chi connectivity index (χ2v) is 3.38. The molecule has 0 atom stereocenters. The number of aryl methyl sites for hydroxylation is 1. The van der Waals surface area contributed by atoms with Gasteiger partial charge >= 0.3 is 0 Å². The first kappa shape index (κ1) is 7.54. The predicted octanol–water partition coefficient (Wildman–Crippen LogP) is 1.09. The van der Waals surface area contributed by atoms with Gasteiger partial charge in [0, 0.05) is 11.8 Å². The zero-order chi connectivity index (χ0) is 8.72. The Balaban J connectivity index is 3.02. The molecule has 2 aromatic heterocycles. The van der Waals surface area contributed by atoms with Crippen LogP contribution in [0.1, 0.15) is 5.69 Å². The van der Waals surface area contributed by atoms with Gasteiger partial charge in [-0.3, -0.25) is 4.79 Å².